The third-order valence-corrected chi connectivity index (χ3v) is 1.29. The third kappa shape index (κ3) is 3.29. The van der Waals surface area contributed by atoms with Gasteiger partial charge in [-0.1, -0.05) is 0 Å². The van der Waals surface area contributed by atoms with E-state index >= 15 is 0 Å². The van der Waals surface area contributed by atoms with Crippen LogP contribution in [0.1, 0.15) is 20.8 Å². The Morgan fingerprint density at radius 3 is 2.20 bits per heavy atom. The number of hydrogen-bond donors (Lipinski definition) is 2. The number of primary amides is 1. The maximum absolute atomic E-state index is 10.1. The highest BCUT2D eigenvalue weighted by Gasteiger charge is 2.24. The lowest BCUT2D eigenvalue weighted by Gasteiger charge is -2.24. The molecule has 4 nitrogen and oxygen atoms in total. The number of aliphatic hydroxyl groups is 1. The zero-order valence-corrected chi connectivity index (χ0v) is 6.42. The number of ether oxygens (including phenoxy) is 1. The molecule has 10 heavy (non-hydrogen) atoms. The van der Waals surface area contributed by atoms with Crippen LogP contribution >= 0.6 is 0 Å². The van der Waals surface area contributed by atoms with Crippen LogP contribution in [0.5, 0.6) is 0 Å². The Balaban J connectivity index is 3.85. The fraction of sp³-hybridized carbons (Fsp3) is 0.833. The van der Waals surface area contributed by atoms with Crippen molar-refractivity contribution < 1.29 is 14.6 Å². The van der Waals surface area contributed by atoms with E-state index in [4.69, 9.17) is 5.73 Å². The molecular formula is C6H13NO3. The van der Waals surface area contributed by atoms with E-state index in [2.05, 4.69) is 4.74 Å². The smallest absolute Gasteiger partial charge is 0.404 e. The predicted molar refractivity (Wildman–Crippen MR) is 36.4 cm³/mol. The zero-order chi connectivity index (χ0) is 8.36. The van der Waals surface area contributed by atoms with E-state index in [1.807, 2.05) is 0 Å². The molecule has 0 aliphatic carbocycles. The van der Waals surface area contributed by atoms with Gasteiger partial charge in [0.05, 0.1) is 5.60 Å². The first-order valence-corrected chi connectivity index (χ1v) is 3.02. The second kappa shape index (κ2) is 2.88. The second-order valence-electron chi connectivity index (χ2n) is 2.73. The minimum absolute atomic E-state index is 0.579. The van der Waals surface area contributed by atoms with Crippen molar-refractivity contribution in [3.8, 4) is 0 Å². The molecule has 0 rings (SSSR count). The van der Waals surface area contributed by atoms with Crippen LogP contribution in [0.3, 0.4) is 0 Å². The van der Waals surface area contributed by atoms with E-state index in [-0.39, 0.29) is 0 Å². The molecule has 0 aliphatic heterocycles. The molecule has 0 aliphatic rings. The van der Waals surface area contributed by atoms with E-state index in [0.717, 1.165) is 0 Å². The molecule has 0 saturated carbocycles. The van der Waals surface area contributed by atoms with Crippen LogP contribution in [0.25, 0.3) is 0 Å². The minimum atomic E-state index is -1.03. The number of carbonyl (C=O) groups is 1. The molecule has 0 heterocycles. The first-order chi connectivity index (χ1) is 4.34. The summed E-state index contributed by atoms with van der Waals surface area (Å²) in [7, 11) is 0. The Morgan fingerprint density at radius 2 is 2.10 bits per heavy atom. The second-order valence-corrected chi connectivity index (χ2v) is 2.73. The summed E-state index contributed by atoms with van der Waals surface area (Å²) >= 11 is 0. The lowest BCUT2D eigenvalue weighted by atomic mass is 10.0. The van der Waals surface area contributed by atoms with Crippen LogP contribution in [0.15, 0.2) is 0 Å². The van der Waals surface area contributed by atoms with Crippen molar-refractivity contribution in [2.75, 3.05) is 0 Å². The maximum Gasteiger partial charge on any atom is 0.404 e. The molecule has 0 bridgehead atoms. The standard InChI is InChI=1S/C6H13NO3/c1-4(6(2,3)9)10-5(7)8/h4,9H,1-3H3,(H2,7,8). The molecule has 0 radical (unpaired) electrons. The molecule has 0 saturated heterocycles. The van der Waals surface area contributed by atoms with Gasteiger partial charge in [-0.15, -0.1) is 0 Å². The quantitative estimate of drug-likeness (QED) is 0.587. The molecule has 3 N–H and O–H groups in total. The Kier molecular flexibility index (Phi) is 2.65. The SMILES string of the molecule is CC(OC(N)=O)C(C)(C)O. The number of nitrogens with two attached hydrogens (primary N) is 1. The molecule has 4 heteroatoms. The fourth-order valence-corrected chi connectivity index (χ4v) is 0.318. The Bertz CT molecular complexity index is 127. The van der Waals surface area contributed by atoms with Gasteiger partial charge in [0.2, 0.25) is 0 Å². The molecule has 0 aromatic rings. The van der Waals surface area contributed by atoms with Gasteiger partial charge in [0.25, 0.3) is 0 Å². The van der Waals surface area contributed by atoms with Crippen molar-refractivity contribution in [2.45, 2.75) is 32.5 Å². The summed E-state index contributed by atoms with van der Waals surface area (Å²) in [5.74, 6) is 0. The summed E-state index contributed by atoms with van der Waals surface area (Å²) in [5.41, 5.74) is 3.69. The van der Waals surface area contributed by atoms with E-state index in [1.54, 1.807) is 20.8 Å². The summed E-state index contributed by atoms with van der Waals surface area (Å²) in [6.07, 6.45) is -1.44. The van der Waals surface area contributed by atoms with Crippen molar-refractivity contribution in [2.24, 2.45) is 5.73 Å². The van der Waals surface area contributed by atoms with E-state index < -0.39 is 17.8 Å². The number of rotatable bonds is 2. The van der Waals surface area contributed by atoms with Crippen molar-refractivity contribution in [1.29, 1.82) is 0 Å². The van der Waals surface area contributed by atoms with Gasteiger partial charge in [0.1, 0.15) is 6.10 Å². The molecular weight excluding hydrogens is 134 g/mol. The lowest BCUT2D eigenvalue weighted by molar-refractivity contribution is -0.0435. The van der Waals surface area contributed by atoms with Crippen molar-refractivity contribution in [3.63, 3.8) is 0 Å². The zero-order valence-electron chi connectivity index (χ0n) is 6.42. The van der Waals surface area contributed by atoms with Gasteiger partial charge < -0.3 is 15.6 Å². The largest absolute Gasteiger partial charge is 0.444 e. The van der Waals surface area contributed by atoms with Crippen molar-refractivity contribution in [1.82, 2.24) is 0 Å². The minimum Gasteiger partial charge on any atom is -0.444 e. The molecule has 1 amide bonds. The highest BCUT2D eigenvalue weighted by atomic mass is 16.6. The molecule has 1 atom stereocenters. The highest BCUT2D eigenvalue weighted by molar-refractivity contribution is 5.64. The highest BCUT2D eigenvalue weighted by Crippen LogP contribution is 2.10. The monoisotopic (exact) mass is 147 g/mol. The molecule has 0 spiro atoms. The summed E-state index contributed by atoms with van der Waals surface area (Å²) in [6.45, 7) is 4.66. The van der Waals surface area contributed by atoms with Crippen LogP contribution in [-0.2, 0) is 4.74 Å². The maximum atomic E-state index is 10.1. The average Bonchev–Trinajstić information content (AvgIpc) is 1.60. The van der Waals surface area contributed by atoms with E-state index in [9.17, 15) is 9.90 Å². The van der Waals surface area contributed by atoms with Crippen LogP contribution in [0.4, 0.5) is 4.79 Å². The van der Waals surface area contributed by atoms with Crippen LogP contribution in [-0.4, -0.2) is 22.9 Å². The van der Waals surface area contributed by atoms with Crippen LogP contribution in [0.2, 0.25) is 0 Å². The molecule has 0 aromatic heterocycles. The topological polar surface area (TPSA) is 72.5 Å². The number of carbonyl (C=O) groups excluding carboxylic acids is 1. The lowest BCUT2D eigenvalue weighted by Crippen LogP contribution is -2.38. The first kappa shape index (κ1) is 9.23. The van der Waals surface area contributed by atoms with E-state index in [0.29, 0.717) is 0 Å². The average molecular weight is 147 g/mol. The number of amides is 1. The van der Waals surface area contributed by atoms with Gasteiger partial charge >= 0.3 is 6.09 Å². The Labute approximate surface area is 60.0 Å². The van der Waals surface area contributed by atoms with Gasteiger partial charge in [0, 0.05) is 0 Å². The van der Waals surface area contributed by atoms with Crippen molar-refractivity contribution >= 4 is 6.09 Å². The van der Waals surface area contributed by atoms with Gasteiger partial charge in [-0.25, -0.2) is 4.79 Å². The Hall–Kier alpha value is -0.770. The molecule has 1 unspecified atom stereocenters. The predicted octanol–water partition coefficient (Wildman–Crippen LogP) is 0.241. The molecule has 60 valence electrons. The molecule has 0 fully saturated rings. The fourth-order valence-electron chi connectivity index (χ4n) is 0.318. The van der Waals surface area contributed by atoms with Crippen LogP contribution in [0, 0.1) is 0 Å². The Morgan fingerprint density at radius 1 is 1.70 bits per heavy atom. The summed E-state index contributed by atoms with van der Waals surface area (Å²) in [6, 6.07) is 0. The van der Waals surface area contributed by atoms with Crippen LogP contribution < -0.4 is 5.73 Å². The summed E-state index contributed by atoms with van der Waals surface area (Å²) in [4.78, 5) is 10.1. The normalized spacial score (nSPS) is 14.4. The first-order valence-electron chi connectivity index (χ1n) is 3.02. The van der Waals surface area contributed by atoms with Gasteiger partial charge in [-0.05, 0) is 20.8 Å². The third-order valence-electron chi connectivity index (χ3n) is 1.29. The summed E-state index contributed by atoms with van der Waals surface area (Å²) < 4.78 is 4.50. The van der Waals surface area contributed by atoms with E-state index in [1.165, 1.54) is 0 Å². The van der Waals surface area contributed by atoms with Gasteiger partial charge in [-0.3, -0.25) is 0 Å². The van der Waals surface area contributed by atoms with Gasteiger partial charge in [-0.2, -0.15) is 0 Å². The van der Waals surface area contributed by atoms with Gasteiger partial charge in [0.15, 0.2) is 0 Å². The molecule has 0 aromatic carbocycles. The number of hydrogen-bond acceptors (Lipinski definition) is 3. The van der Waals surface area contributed by atoms with Crippen molar-refractivity contribution in [3.05, 3.63) is 0 Å². The summed E-state index contributed by atoms with van der Waals surface area (Å²) in [5, 5.41) is 9.20.